The lowest BCUT2D eigenvalue weighted by Crippen LogP contribution is -2.30. The Bertz CT molecular complexity index is 590. The summed E-state index contributed by atoms with van der Waals surface area (Å²) in [5.41, 5.74) is 1.41. The van der Waals surface area contributed by atoms with E-state index in [1.807, 2.05) is 24.3 Å². The number of alkyl halides is 1. The number of hydrogen-bond acceptors (Lipinski definition) is 2. The first kappa shape index (κ1) is 12.0. The molecule has 1 aliphatic heterocycles. The fourth-order valence-corrected chi connectivity index (χ4v) is 2.69. The van der Waals surface area contributed by atoms with Gasteiger partial charge < -0.3 is 10.1 Å². The normalized spacial score (nSPS) is 21.1. The smallest absolute Gasteiger partial charge is 0.287 e. The van der Waals surface area contributed by atoms with Gasteiger partial charge in [-0.3, -0.25) is 0 Å². The highest BCUT2D eigenvalue weighted by molar-refractivity contribution is 6.35. The number of anilines is 1. The molecule has 1 heterocycles. The van der Waals surface area contributed by atoms with Crippen LogP contribution < -0.4 is 10.1 Å². The largest absolute Gasteiger partial charge is 0.448 e. The third-order valence-electron chi connectivity index (χ3n) is 2.71. The Kier molecular flexibility index (Phi) is 2.81. The van der Waals surface area contributed by atoms with Crippen LogP contribution in [0.2, 0.25) is 10.0 Å². The van der Waals surface area contributed by atoms with Crippen molar-refractivity contribution in [1.29, 1.82) is 0 Å². The van der Waals surface area contributed by atoms with Gasteiger partial charge in [0.2, 0.25) is 0 Å². The minimum atomic E-state index is -1.22. The number of nitrogens with one attached hydrogen (secondary N) is 1. The van der Waals surface area contributed by atoms with Crippen molar-refractivity contribution in [2.45, 2.75) is 5.18 Å². The van der Waals surface area contributed by atoms with E-state index in [1.165, 1.54) is 0 Å². The second-order valence-corrected chi connectivity index (χ2v) is 5.32. The van der Waals surface area contributed by atoms with E-state index < -0.39 is 5.18 Å². The molecule has 2 aromatic rings. The Labute approximate surface area is 119 Å². The summed E-state index contributed by atoms with van der Waals surface area (Å²) in [5, 5.41) is 2.93. The highest BCUT2D eigenvalue weighted by Gasteiger charge is 2.40. The maximum absolute atomic E-state index is 6.46. The van der Waals surface area contributed by atoms with Crippen molar-refractivity contribution >= 4 is 40.5 Å². The van der Waals surface area contributed by atoms with Crippen LogP contribution in [0.3, 0.4) is 0 Å². The number of hydrogen-bond donors (Lipinski definition) is 1. The highest BCUT2D eigenvalue weighted by Crippen LogP contribution is 2.46. The molecule has 2 aromatic carbocycles. The number of fused-ring (bicyclic) bond motifs is 1. The summed E-state index contributed by atoms with van der Waals surface area (Å²) in [6, 6.07) is 12.6. The number of benzene rings is 2. The lowest BCUT2D eigenvalue weighted by Gasteiger charge is -2.23. The second-order valence-electron chi connectivity index (χ2n) is 3.94. The molecule has 1 unspecified atom stereocenters. The van der Waals surface area contributed by atoms with E-state index in [-0.39, 0.29) is 0 Å². The lowest BCUT2D eigenvalue weighted by molar-refractivity contribution is 0.213. The maximum Gasteiger partial charge on any atom is 0.287 e. The lowest BCUT2D eigenvalue weighted by atomic mass is 10.2. The van der Waals surface area contributed by atoms with Crippen LogP contribution in [-0.4, -0.2) is 0 Å². The van der Waals surface area contributed by atoms with Crippen molar-refractivity contribution in [3.8, 4) is 5.75 Å². The monoisotopic (exact) mass is 299 g/mol. The molecule has 5 heteroatoms. The molecule has 0 amide bonds. The molecule has 0 radical (unpaired) electrons. The van der Waals surface area contributed by atoms with Crippen molar-refractivity contribution in [2.75, 3.05) is 5.32 Å². The Morgan fingerprint density at radius 2 is 1.83 bits per heavy atom. The molecule has 0 saturated heterocycles. The Morgan fingerprint density at radius 3 is 2.61 bits per heavy atom. The first-order valence-electron chi connectivity index (χ1n) is 5.29. The number of para-hydroxylation sites is 2. The van der Waals surface area contributed by atoms with Gasteiger partial charge in [-0.2, -0.15) is 0 Å². The highest BCUT2D eigenvalue weighted by atomic mass is 35.5. The van der Waals surface area contributed by atoms with Crippen molar-refractivity contribution in [3.63, 3.8) is 0 Å². The van der Waals surface area contributed by atoms with Gasteiger partial charge in [-0.1, -0.05) is 35.3 Å². The van der Waals surface area contributed by atoms with Gasteiger partial charge in [0, 0.05) is 5.02 Å². The van der Waals surface area contributed by atoms with Gasteiger partial charge in [0.1, 0.15) is 5.75 Å². The van der Waals surface area contributed by atoms with E-state index >= 15 is 0 Å². The van der Waals surface area contributed by atoms with Crippen LogP contribution >= 0.6 is 34.8 Å². The van der Waals surface area contributed by atoms with Gasteiger partial charge in [0.15, 0.2) is 0 Å². The first-order chi connectivity index (χ1) is 8.58. The summed E-state index contributed by atoms with van der Waals surface area (Å²) in [6.45, 7) is 0. The van der Waals surface area contributed by atoms with E-state index in [9.17, 15) is 0 Å². The van der Waals surface area contributed by atoms with Crippen molar-refractivity contribution in [2.24, 2.45) is 0 Å². The summed E-state index contributed by atoms with van der Waals surface area (Å²) < 4.78 is 5.73. The zero-order valence-corrected chi connectivity index (χ0v) is 11.4. The maximum atomic E-state index is 6.46. The Morgan fingerprint density at radius 1 is 1.06 bits per heavy atom. The SMILES string of the molecule is Clc1ccc(Cl)c(C2(Cl)Nc3ccccc3O2)c1. The molecule has 0 aliphatic carbocycles. The summed E-state index contributed by atoms with van der Waals surface area (Å²) in [6.07, 6.45) is 0. The van der Waals surface area contributed by atoms with Gasteiger partial charge in [0.05, 0.1) is 16.3 Å². The molecule has 0 spiro atoms. The summed E-state index contributed by atoms with van der Waals surface area (Å²) >= 11 is 18.6. The van der Waals surface area contributed by atoms with Gasteiger partial charge in [-0.05, 0) is 41.9 Å². The zero-order chi connectivity index (χ0) is 12.8. The van der Waals surface area contributed by atoms with Gasteiger partial charge in [-0.15, -0.1) is 0 Å². The Balaban J connectivity index is 2.06. The average molecular weight is 301 g/mol. The summed E-state index contributed by atoms with van der Waals surface area (Å²) in [5.74, 6) is 0.684. The quantitative estimate of drug-likeness (QED) is 0.600. The summed E-state index contributed by atoms with van der Waals surface area (Å²) in [4.78, 5) is 0. The number of halogens is 3. The Hall–Kier alpha value is -1.09. The fourth-order valence-electron chi connectivity index (χ4n) is 1.88. The molecule has 2 nitrogen and oxygen atoms in total. The van der Waals surface area contributed by atoms with Crippen LogP contribution in [0.25, 0.3) is 0 Å². The van der Waals surface area contributed by atoms with E-state index in [0.29, 0.717) is 21.4 Å². The third-order valence-corrected chi connectivity index (χ3v) is 3.65. The van der Waals surface area contributed by atoms with Gasteiger partial charge in [-0.25, -0.2) is 0 Å². The molecule has 0 aromatic heterocycles. The van der Waals surface area contributed by atoms with E-state index in [2.05, 4.69) is 5.32 Å². The number of rotatable bonds is 1. The molecule has 3 rings (SSSR count). The van der Waals surface area contributed by atoms with E-state index in [4.69, 9.17) is 39.5 Å². The molecular weight excluding hydrogens is 293 g/mol. The third kappa shape index (κ3) is 1.91. The van der Waals surface area contributed by atoms with E-state index in [1.54, 1.807) is 18.2 Å². The molecule has 92 valence electrons. The average Bonchev–Trinajstić information content (AvgIpc) is 2.69. The predicted molar refractivity (Wildman–Crippen MR) is 74.7 cm³/mol. The first-order valence-corrected chi connectivity index (χ1v) is 6.42. The van der Waals surface area contributed by atoms with Crippen molar-refractivity contribution in [1.82, 2.24) is 0 Å². The topological polar surface area (TPSA) is 21.3 Å². The fraction of sp³-hybridized carbons (Fsp3) is 0.0769. The van der Waals surface area contributed by atoms with Crippen LogP contribution in [0.15, 0.2) is 42.5 Å². The molecule has 18 heavy (non-hydrogen) atoms. The standard InChI is InChI=1S/C13H8Cl3NO/c14-8-5-6-10(15)9(7-8)13(16)17-11-3-1-2-4-12(11)18-13/h1-7,17H. The molecular formula is C13H8Cl3NO. The van der Waals surface area contributed by atoms with Gasteiger partial charge >= 0.3 is 0 Å². The van der Waals surface area contributed by atoms with Crippen LogP contribution in [-0.2, 0) is 5.18 Å². The van der Waals surface area contributed by atoms with Gasteiger partial charge in [0.25, 0.3) is 5.18 Å². The number of ether oxygens (including phenoxy) is 1. The predicted octanol–water partition coefficient (Wildman–Crippen LogP) is 4.85. The molecule has 0 fully saturated rings. The van der Waals surface area contributed by atoms with Crippen LogP contribution in [0.4, 0.5) is 5.69 Å². The van der Waals surface area contributed by atoms with E-state index in [0.717, 1.165) is 5.69 Å². The van der Waals surface area contributed by atoms with Crippen LogP contribution in [0, 0.1) is 0 Å². The molecule has 1 atom stereocenters. The minimum absolute atomic E-state index is 0.495. The van der Waals surface area contributed by atoms with Crippen molar-refractivity contribution in [3.05, 3.63) is 58.1 Å². The molecule has 1 aliphatic rings. The molecule has 0 saturated carbocycles. The van der Waals surface area contributed by atoms with Crippen LogP contribution in [0.1, 0.15) is 5.56 Å². The summed E-state index contributed by atoms with van der Waals surface area (Å²) in [7, 11) is 0. The second kappa shape index (κ2) is 4.23. The zero-order valence-electron chi connectivity index (χ0n) is 9.08. The van der Waals surface area contributed by atoms with Crippen molar-refractivity contribution < 1.29 is 4.74 Å². The molecule has 1 N–H and O–H groups in total. The molecule has 0 bridgehead atoms. The minimum Gasteiger partial charge on any atom is -0.448 e. The van der Waals surface area contributed by atoms with Crippen LogP contribution in [0.5, 0.6) is 5.75 Å².